The van der Waals surface area contributed by atoms with Crippen LogP contribution in [0.1, 0.15) is 16.7 Å². The van der Waals surface area contributed by atoms with E-state index >= 15 is 0 Å². The van der Waals surface area contributed by atoms with Gasteiger partial charge in [-0.25, -0.2) is 9.79 Å². The van der Waals surface area contributed by atoms with Crippen molar-refractivity contribution in [1.82, 2.24) is 0 Å². The molecule has 0 aromatic heterocycles. The molecular formula is C20H16N2O5. The Morgan fingerprint density at radius 2 is 1.78 bits per heavy atom. The number of hydrogen-bond acceptors (Lipinski definition) is 7. The number of hydrogen-bond donors (Lipinski definition) is 0. The van der Waals surface area contributed by atoms with E-state index in [9.17, 15) is 4.79 Å². The standard InChI is InChI=1S/C20H16N2O5/c1-24-16-9-14(10-17(25-2)18(16)26-3)19-22-15(20(23)27-19)8-12-5-4-6-13(7-12)11-21/h4-10H,1-3H3/b15-8+. The van der Waals surface area contributed by atoms with Gasteiger partial charge in [0.15, 0.2) is 17.2 Å². The van der Waals surface area contributed by atoms with Gasteiger partial charge in [0.05, 0.1) is 33.0 Å². The van der Waals surface area contributed by atoms with Crippen molar-refractivity contribution < 1.29 is 23.7 Å². The zero-order valence-corrected chi connectivity index (χ0v) is 15.0. The Labute approximate surface area is 156 Å². The van der Waals surface area contributed by atoms with Crippen LogP contribution in [0.2, 0.25) is 0 Å². The van der Waals surface area contributed by atoms with Crippen LogP contribution in [0.4, 0.5) is 0 Å². The minimum atomic E-state index is -0.582. The van der Waals surface area contributed by atoms with Gasteiger partial charge in [0.25, 0.3) is 0 Å². The molecule has 0 saturated carbocycles. The van der Waals surface area contributed by atoms with E-state index in [0.29, 0.717) is 33.9 Å². The molecule has 0 spiro atoms. The van der Waals surface area contributed by atoms with Crippen LogP contribution in [0.15, 0.2) is 47.1 Å². The Morgan fingerprint density at radius 1 is 1.07 bits per heavy atom. The normalized spacial score (nSPS) is 14.4. The fourth-order valence-corrected chi connectivity index (χ4v) is 2.59. The molecule has 0 atom stereocenters. The lowest BCUT2D eigenvalue weighted by Crippen LogP contribution is -2.06. The second-order valence-corrected chi connectivity index (χ2v) is 5.49. The minimum absolute atomic E-state index is 0.127. The van der Waals surface area contributed by atoms with Crippen molar-refractivity contribution in [1.29, 1.82) is 5.26 Å². The molecule has 2 aromatic carbocycles. The number of nitrogens with zero attached hydrogens (tertiary/aromatic N) is 2. The number of benzene rings is 2. The number of ether oxygens (including phenoxy) is 4. The molecule has 0 N–H and O–H groups in total. The predicted molar refractivity (Wildman–Crippen MR) is 97.9 cm³/mol. The molecular weight excluding hydrogens is 348 g/mol. The van der Waals surface area contributed by atoms with E-state index in [0.717, 1.165) is 0 Å². The first-order chi connectivity index (χ1) is 13.1. The van der Waals surface area contributed by atoms with Gasteiger partial charge in [0.2, 0.25) is 11.6 Å². The van der Waals surface area contributed by atoms with Gasteiger partial charge in [0.1, 0.15) is 0 Å². The summed E-state index contributed by atoms with van der Waals surface area (Å²) in [7, 11) is 4.50. The van der Waals surface area contributed by atoms with Gasteiger partial charge in [-0.2, -0.15) is 5.26 Å². The maximum absolute atomic E-state index is 12.2. The largest absolute Gasteiger partial charge is 0.493 e. The number of rotatable bonds is 5. The second kappa shape index (κ2) is 7.62. The molecule has 0 amide bonds. The summed E-state index contributed by atoms with van der Waals surface area (Å²) in [5, 5.41) is 8.98. The zero-order chi connectivity index (χ0) is 19.4. The van der Waals surface area contributed by atoms with Crippen LogP contribution < -0.4 is 14.2 Å². The third kappa shape index (κ3) is 3.60. The van der Waals surface area contributed by atoms with Crippen molar-refractivity contribution in [3.8, 4) is 23.3 Å². The molecule has 136 valence electrons. The summed E-state index contributed by atoms with van der Waals surface area (Å²) in [4.78, 5) is 16.5. The van der Waals surface area contributed by atoms with Crippen LogP contribution in [0.25, 0.3) is 6.08 Å². The molecule has 27 heavy (non-hydrogen) atoms. The van der Waals surface area contributed by atoms with Crippen LogP contribution in [0.3, 0.4) is 0 Å². The van der Waals surface area contributed by atoms with E-state index in [1.165, 1.54) is 21.3 Å². The van der Waals surface area contributed by atoms with Gasteiger partial charge in [-0.1, -0.05) is 12.1 Å². The molecule has 0 unspecified atom stereocenters. The number of methoxy groups -OCH3 is 3. The lowest BCUT2D eigenvalue weighted by atomic mass is 10.1. The highest BCUT2D eigenvalue weighted by Gasteiger charge is 2.26. The van der Waals surface area contributed by atoms with Crippen LogP contribution >= 0.6 is 0 Å². The molecule has 2 aromatic rings. The third-order valence-electron chi connectivity index (χ3n) is 3.85. The smallest absolute Gasteiger partial charge is 0.363 e. The predicted octanol–water partition coefficient (Wildman–Crippen LogP) is 2.93. The van der Waals surface area contributed by atoms with Crippen molar-refractivity contribution in [3.05, 3.63) is 58.8 Å². The fourth-order valence-electron chi connectivity index (χ4n) is 2.59. The molecule has 0 saturated heterocycles. The van der Waals surface area contributed by atoms with Crippen LogP contribution in [0.5, 0.6) is 17.2 Å². The van der Waals surface area contributed by atoms with Gasteiger partial charge in [-0.15, -0.1) is 0 Å². The lowest BCUT2D eigenvalue weighted by molar-refractivity contribution is -0.129. The van der Waals surface area contributed by atoms with E-state index in [2.05, 4.69) is 11.1 Å². The summed E-state index contributed by atoms with van der Waals surface area (Å²) in [5.41, 5.74) is 1.81. The van der Waals surface area contributed by atoms with Crippen molar-refractivity contribution in [2.75, 3.05) is 21.3 Å². The van der Waals surface area contributed by atoms with E-state index in [-0.39, 0.29) is 11.6 Å². The molecule has 1 heterocycles. The average molecular weight is 364 g/mol. The Morgan fingerprint density at radius 3 is 2.37 bits per heavy atom. The van der Waals surface area contributed by atoms with Crippen molar-refractivity contribution in [2.24, 2.45) is 4.99 Å². The van der Waals surface area contributed by atoms with Crippen molar-refractivity contribution in [2.45, 2.75) is 0 Å². The summed E-state index contributed by atoms with van der Waals surface area (Å²) >= 11 is 0. The minimum Gasteiger partial charge on any atom is -0.493 e. The monoisotopic (exact) mass is 364 g/mol. The van der Waals surface area contributed by atoms with Gasteiger partial charge in [-0.05, 0) is 35.9 Å². The summed E-state index contributed by atoms with van der Waals surface area (Å²) in [6.07, 6.45) is 1.56. The maximum Gasteiger partial charge on any atom is 0.363 e. The van der Waals surface area contributed by atoms with Gasteiger partial charge in [-0.3, -0.25) is 0 Å². The first kappa shape index (κ1) is 18.0. The van der Waals surface area contributed by atoms with Gasteiger partial charge < -0.3 is 18.9 Å². The van der Waals surface area contributed by atoms with Gasteiger partial charge >= 0.3 is 5.97 Å². The topological polar surface area (TPSA) is 90.1 Å². The second-order valence-electron chi connectivity index (χ2n) is 5.49. The summed E-state index contributed by atoms with van der Waals surface area (Å²) in [6, 6.07) is 12.2. The van der Waals surface area contributed by atoms with E-state index < -0.39 is 5.97 Å². The van der Waals surface area contributed by atoms with Crippen LogP contribution in [0, 0.1) is 11.3 Å². The van der Waals surface area contributed by atoms with E-state index in [4.69, 9.17) is 24.2 Å². The number of esters is 1. The SMILES string of the molecule is COc1cc(C2=N/C(=C/c3cccc(C#N)c3)C(=O)O2)cc(OC)c1OC. The Hall–Kier alpha value is -3.79. The fraction of sp³-hybridized carbons (Fsp3) is 0.150. The Kier molecular flexibility index (Phi) is 5.08. The molecule has 0 fully saturated rings. The highest BCUT2D eigenvalue weighted by atomic mass is 16.6. The first-order valence-corrected chi connectivity index (χ1v) is 7.92. The van der Waals surface area contributed by atoms with Gasteiger partial charge in [0, 0.05) is 5.56 Å². The summed E-state index contributed by atoms with van der Waals surface area (Å²) in [5.74, 6) is 0.815. The number of cyclic esters (lactones) is 1. The first-order valence-electron chi connectivity index (χ1n) is 7.92. The molecule has 7 nitrogen and oxygen atoms in total. The van der Waals surface area contributed by atoms with Crippen molar-refractivity contribution >= 4 is 17.9 Å². The highest BCUT2D eigenvalue weighted by Crippen LogP contribution is 2.39. The van der Waals surface area contributed by atoms with Crippen LogP contribution in [-0.2, 0) is 9.53 Å². The number of carbonyl (C=O) groups excluding carboxylic acids is 1. The summed E-state index contributed by atoms with van der Waals surface area (Å²) in [6.45, 7) is 0. The Balaban J connectivity index is 2.01. The number of aliphatic imine (C=N–C) groups is 1. The number of nitriles is 1. The molecule has 1 aliphatic rings. The molecule has 0 radical (unpaired) electrons. The number of carbonyl (C=O) groups is 1. The average Bonchev–Trinajstić information content (AvgIpc) is 3.07. The molecule has 0 aliphatic carbocycles. The lowest BCUT2D eigenvalue weighted by Gasteiger charge is -2.13. The van der Waals surface area contributed by atoms with Crippen LogP contribution in [-0.4, -0.2) is 33.2 Å². The van der Waals surface area contributed by atoms with E-state index in [1.54, 1.807) is 42.5 Å². The molecule has 3 rings (SSSR count). The quantitative estimate of drug-likeness (QED) is 0.598. The summed E-state index contributed by atoms with van der Waals surface area (Å²) < 4.78 is 21.2. The molecule has 7 heteroatoms. The zero-order valence-electron chi connectivity index (χ0n) is 15.0. The Bertz CT molecular complexity index is 977. The van der Waals surface area contributed by atoms with E-state index in [1.807, 2.05) is 0 Å². The highest BCUT2D eigenvalue weighted by molar-refractivity contribution is 6.13. The molecule has 1 aliphatic heterocycles. The maximum atomic E-state index is 12.2. The van der Waals surface area contributed by atoms with Crippen molar-refractivity contribution in [3.63, 3.8) is 0 Å². The molecule has 0 bridgehead atoms. The third-order valence-corrected chi connectivity index (χ3v) is 3.85.